The number of amides is 1. The summed E-state index contributed by atoms with van der Waals surface area (Å²) < 4.78 is 16.4. The number of nitrogens with one attached hydrogen (secondary N) is 1. The molecule has 4 aromatic rings. The number of carbonyl (C=O) groups excluding carboxylic acids is 1. The fourth-order valence-electron chi connectivity index (χ4n) is 3.19. The summed E-state index contributed by atoms with van der Waals surface area (Å²) in [5, 5.41) is 12.0. The van der Waals surface area contributed by atoms with E-state index in [1.165, 1.54) is 23.9 Å². The second kappa shape index (κ2) is 10.2. The lowest BCUT2D eigenvalue weighted by Crippen LogP contribution is -2.16. The number of aromatic nitrogens is 5. The number of rotatable bonds is 6. The highest BCUT2D eigenvalue weighted by molar-refractivity contribution is 9.10. The minimum atomic E-state index is -0.581. The van der Waals surface area contributed by atoms with E-state index in [0.29, 0.717) is 31.8 Å². The zero-order chi connectivity index (χ0) is 24.4. The Hall–Kier alpha value is -2.82. The number of nitrogens with zero attached hydrogens (tertiary/aromatic N) is 5. The van der Waals surface area contributed by atoms with Gasteiger partial charge in [-0.1, -0.05) is 50.6 Å². The lowest BCUT2D eigenvalue weighted by molar-refractivity contribution is 0.102. The Morgan fingerprint density at radius 2 is 1.85 bits per heavy atom. The van der Waals surface area contributed by atoms with Gasteiger partial charge in [0, 0.05) is 26.6 Å². The average Bonchev–Trinajstić information content (AvgIpc) is 3.19. The summed E-state index contributed by atoms with van der Waals surface area (Å²) in [5.74, 6) is -0.852. The Kier molecular flexibility index (Phi) is 7.30. The Bertz CT molecular complexity index is 1380. The molecule has 0 saturated heterocycles. The fourth-order valence-corrected chi connectivity index (χ4v) is 4.64. The summed E-state index contributed by atoms with van der Waals surface area (Å²) in [5.41, 5.74) is 3.85. The predicted octanol–water partition coefficient (Wildman–Crippen LogP) is 6.08. The maximum atomic E-state index is 14.3. The van der Waals surface area contributed by atoms with Crippen LogP contribution in [0.15, 0.2) is 52.1 Å². The molecule has 0 unspecified atom stereocenters. The van der Waals surface area contributed by atoms with Gasteiger partial charge in [0.15, 0.2) is 10.9 Å². The number of benzene rings is 2. The zero-order valence-electron chi connectivity index (χ0n) is 18.4. The summed E-state index contributed by atoms with van der Waals surface area (Å²) in [6, 6.07) is 11.7. The maximum absolute atomic E-state index is 14.3. The smallest absolute Gasteiger partial charge is 0.278 e. The fraction of sp³-hybridized carbons (Fsp3) is 0.174. The Labute approximate surface area is 213 Å². The first-order valence-electron chi connectivity index (χ1n) is 10.1. The molecule has 4 rings (SSSR count). The highest BCUT2D eigenvalue weighted by Crippen LogP contribution is 2.27. The maximum Gasteiger partial charge on any atom is 0.278 e. The number of anilines is 1. The summed E-state index contributed by atoms with van der Waals surface area (Å²) in [4.78, 5) is 22.0. The monoisotopic (exact) mass is 560 g/mol. The van der Waals surface area contributed by atoms with E-state index in [1.54, 1.807) is 16.8 Å². The van der Waals surface area contributed by atoms with Crippen molar-refractivity contribution < 1.29 is 9.18 Å². The minimum Gasteiger partial charge on any atom is -0.318 e. The molecule has 7 nitrogen and oxygen atoms in total. The van der Waals surface area contributed by atoms with Crippen molar-refractivity contribution in [3.8, 4) is 5.69 Å². The largest absolute Gasteiger partial charge is 0.318 e. The minimum absolute atomic E-state index is 0.0392. The predicted molar refractivity (Wildman–Crippen MR) is 134 cm³/mol. The highest BCUT2D eigenvalue weighted by atomic mass is 79.9. The third-order valence-corrected chi connectivity index (χ3v) is 6.62. The molecule has 174 valence electrons. The van der Waals surface area contributed by atoms with Crippen LogP contribution in [0.4, 0.5) is 10.1 Å². The molecule has 0 atom stereocenters. The Balaban J connectivity index is 1.71. The second-order valence-electron chi connectivity index (χ2n) is 7.53. The molecule has 0 fully saturated rings. The molecular weight excluding hydrogens is 543 g/mol. The molecule has 0 bridgehead atoms. The van der Waals surface area contributed by atoms with Crippen molar-refractivity contribution in [2.45, 2.75) is 31.7 Å². The molecule has 11 heteroatoms. The molecule has 0 spiro atoms. The summed E-state index contributed by atoms with van der Waals surface area (Å²) in [6.07, 6.45) is 0. The molecule has 2 aromatic carbocycles. The van der Waals surface area contributed by atoms with Crippen molar-refractivity contribution in [2.75, 3.05) is 5.32 Å². The van der Waals surface area contributed by atoms with Gasteiger partial charge in [0.1, 0.15) is 5.82 Å². The van der Waals surface area contributed by atoms with Crippen molar-refractivity contribution in [2.24, 2.45) is 0 Å². The van der Waals surface area contributed by atoms with Crippen LogP contribution < -0.4 is 5.32 Å². The lowest BCUT2D eigenvalue weighted by atomic mass is 10.2. The van der Waals surface area contributed by atoms with Crippen LogP contribution in [0.2, 0.25) is 5.02 Å². The number of halogens is 3. The standard InChI is InChI=1S/C23H19BrClFN6OS/c1-12-4-6-16(10-17(12)25)32-20(11-34-23-27-13(2)8-14(3)28-23)21(30-31-32)22(33)29-19-7-5-15(24)9-18(19)26/h4-10H,11H2,1-3H3,(H,29,33). The molecule has 1 amide bonds. The van der Waals surface area contributed by atoms with Crippen LogP contribution in [0.3, 0.4) is 0 Å². The topological polar surface area (TPSA) is 85.6 Å². The number of hydrogen-bond acceptors (Lipinski definition) is 6. The molecule has 2 heterocycles. The van der Waals surface area contributed by atoms with Crippen molar-refractivity contribution >= 4 is 50.9 Å². The summed E-state index contributed by atoms with van der Waals surface area (Å²) in [7, 11) is 0. The Morgan fingerprint density at radius 1 is 1.12 bits per heavy atom. The van der Waals surface area contributed by atoms with Crippen LogP contribution in [0.1, 0.15) is 33.1 Å². The van der Waals surface area contributed by atoms with E-state index in [1.807, 2.05) is 39.0 Å². The summed E-state index contributed by atoms with van der Waals surface area (Å²) in [6.45, 7) is 5.68. The Morgan fingerprint density at radius 3 is 2.53 bits per heavy atom. The van der Waals surface area contributed by atoms with Crippen molar-refractivity contribution in [3.63, 3.8) is 0 Å². The normalized spacial score (nSPS) is 11.0. The summed E-state index contributed by atoms with van der Waals surface area (Å²) >= 11 is 10.9. The van der Waals surface area contributed by atoms with Gasteiger partial charge in [0.2, 0.25) is 0 Å². The van der Waals surface area contributed by atoms with E-state index in [2.05, 4.69) is 41.5 Å². The number of aryl methyl sites for hydroxylation is 3. The van der Waals surface area contributed by atoms with Crippen LogP contribution in [0, 0.1) is 26.6 Å². The van der Waals surface area contributed by atoms with Gasteiger partial charge in [0.25, 0.3) is 5.91 Å². The molecular formula is C23H19BrClFN6OS. The number of thioether (sulfide) groups is 1. The van der Waals surface area contributed by atoms with Gasteiger partial charge in [-0.3, -0.25) is 4.79 Å². The van der Waals surface area contributed by atoms with E-state index < -0.39 is 11.7 Å². The number of hydrogen-bond donors (Lipinski definition) is 1. The van der Waals surface area contributed by atoms with Gasteiger partial charge in [-0.2, -0.15) is 0 Å². The third-order valence-electron chi connectivity index (χ3n) is 4.86. The highest BCUT2D eigenvalue weighted by Gasteiger charge is 2.23. The molecule has 1 N–H and O–H groups in total. The molecule has 0 saturated carbocycles. The van der Waals surface area contributed by atoms with Gasteiger partial charge in [0.05, 0.1) is 17.1 Å². The van der Waals surface area contributed by atoms with Crippen LogP contribution in [0.5, 0.6) is 0 Å². The average molecular weight is 562 g/mol. The van der Waals surface area contributed by atoms with Crippen LogP contribution in [0.25, 0.3) is 5.69 Å². The van der Waals surface area contributed by atoms with Crippen LogP contribution in [-0.2, 0) is 5.75 Å². The molecule has 0 radical (unpaired) electrons. The van der Waals surface area contributed by atoms with E-state index in [9.17, 15) is 9.18 Å². The van der Waals surface area contributed by atoms with Crippen molar-refractivity contribution in [1.29, 1.82) is 0 Å². The van der Waals surface area contributed by atoms with Gasteiger partial charge in [-0.15, -0.1) is 5.10 Å². The zero-order valence-corrected chi connectivity index (χ0v) is 21.6. The van der Waals surface area contributed by atoms with Crippen molar-refractivity contribution in [3.05, 3.63) is 86.1 Å². The molecule has 0 aliphatic rings. The first-order chi connectivity index (χ1) is 16.2. The quantitative estimate of drug-likeness (QED) is 0.227. The van der Waals surface area contributed by atoms with Crippen LogP contribution in [-0.4, -0.2) is 30.9 Å². The first kappa shape index (κ1) is 24.3. The lowest BCUT2D eigenvalue weighted by Gasteiger charge is -2.10. The van der Waals surface area contributed by atoms with E-state index in [0.717, 1.165) is 17.0 Å². The van der Waals surface area contributed by atoms with E-state index in [-0.39, 0.29) is 11.4 Å². The van der Waals surface area contributed by atoms with Crippen molar-refractivity contribution in [1.82, 2.24) is 25.0 Å². The van der Waals surface area contributed by atoms with Gasteiger partial charge < -0.3 is 5.32 Å². The second-order valence-corrected chi connectivity index (χ2v) is 9.80. The molecule has 34 heavy (non-hydrogen) atoms. The van der Waals surface area contributed by atoms with E-state index in [4.69, 9.17) is 11.6 Å². The molecule has 0 aliphatic heterocycles. The van der Waals surface area contributed by atoms with Gasteiger partial charge in [-0.05, 0) is 62.7 Å². The molecule has 0 aliphatic carbocycles. The van der Waals surface area contributed by atoms with Crippen LogP contribution >= 0.6 is 39.3 Å². The van der Waals surface area contributed by atoms with Gasteiger partial charge in [-0.25, -0.2) is 19.0 Å². The van der Waals surface area contributed by atoms with E-state index >= 15 is 0 Å². The third kappa shape index (κ3) is 5.45. The molecule has 2 aromatic heterocycles. The first-order valence-corrected chi connectivity index (χ1v) is 12.3. The number of carbonyl (C=O) groups is 1. The van der Waals surface area contributed by atoms with Gasteiger partial charge >= 0.3 is 0 Å². The SMILES string of the molecule is Cc1cc(C)nc(SCc2c(C(=O)Nc3ccc(Br)cc3F)nnn2-c2ccc(C)c(Cl)c2)n1.